The first kappa shape index (κ1) is 24.3. The molecule has 9 heteroatoms. The fourth-order valence-corrected chi connectivity index (χ4v) is 3.64. The molecule has 0 aromatic heterocycles. The van der Waals surface area contributed by atoms with Gasteiger partial charge in [0.25, 0.3) is 0 Å². The number of halogens is 3. The molecule has 1 fully saturated rings. The average Bonchev–Trinajstić information content (AvgIpc) is 3.48. The molecule has 0 aliphatic heterocycles. The minimum absolute atomic E-state index is 0. The van der Waals surface area contributed by atoms with Crippen LogP contribution in [0.2, 0.25) is 5.02 Å². The standard InChI is InChI=1S/C21H25ClFN3O3.HI/c1-24-21(26-16-10-13(16)19-14(22)6-5-7-15(19)23)25-11-12-8-17(27-2)20(29-4)18(9-12)28-3;/h5-9,13,16H,10-11H2,1-4H3,(H2,24,25,26);1H. The molecule has 0 bridgehead atoms. The van der Waals surface area contributed by atoms with Gasteiger partial charge in [0.2, 0.25) is 5.75 Å². The zero-order chi connectivity index (χ0) is 21.0. The van der Waals surface area contributed by atoms with Crippen LogP contribution in [0.1, 0.15) is 23.5 Å². The monoisotopic (exact) mass is 549 g/mol. The predicted octanol–water partition coefficient (Wildman–Crippen LogP) is 4.34. The number of aliphatic imine (C=N–C) groups is 1. The second-order valence-electron chi connectivity index (χ2n) is 6.69. The molecule has 3 rings (SSSR count). The molecule has 30 heavy (non-hydrogen) atoms. The fraction of sp³-hybridized carbons (Fsp3) is 0.381. The summed E-state index contributed by atoms with van der Waals surface area (Å²) in [6.45, 7) is 0.494. The summed E-state index contributed by atoms with van der Waals surface area (Å²) in [7, 11) is 6.42. The van der Waals surface area contributed by atoms with E-state index in [0.717, 1.165) is 12.0 Å². The predicted molar refractivity (Wildman–Crippen MR) is 127 cm³/mol. The van der Waals surface area contributed by atoms with Crippen molar-refractivity contribution < 1.29 is 18.6 Å². The van der Waals surface area contributed by atoms with Crippen LogP contribution in [0, 0.1) is 5.82 Å². The van der Waals surface area contributed by atoms with Crippen molar-refractivity contribution in [3.8, 4) is 17.2 Å². The van der Waals surface area contributed by atoms with Gasteiger partial charge < -0.3 is 24.8 Å². The third kappa shape index (κ3) is 5.40. The molecule has 0 spiro atoms. The lowest BCUT2D eigenvalue weighted by Gasteiger charge is -2.16. The van der Waals surface area contributed by atoms with E-state index in [1.807, 2.05) is 12.1 Å². The number of benzene rings is 2. The minimum atomic E-state index is -0.271. The lowest BCUT2D eigenvalue weighted by molar-refractivity contribution is 0.323. The van der Waals surface area contributed by atoms with Crippen LogP contribution in [0.5, 0.6) is 17.2 Å². The van der Waals surface area contributed by atoms with Gasteiger partial charge >= 0.3 is 0 Å². The average molecular weight is 550 g/mol. The lowest BCUT2D eigenvalue weighted by atomic mass is 10.1. The SMILES string of the molecule is CN=C(NCc1cc(OC)c(OC)c(OC)c1)NC1CC1c1c(F)cccc1Cl.I. The van der Waals surface area contributed by atoms with Gasteiger partial charge in [-0.2, -0.15) is 0 Å². The number of hydrogen-bond acceptors (Lipinski definition) is 4. The summed E-state index contributed by atoms with van der Waals surface area (Å²) in [4.78, 5) is 4.26. The molecule has 2 atom stereocenters. The van der Waals surface area contributed by atoms with E-state index < -0.39 is 0 Å². The van der Waals surface area contributed by atoms with Crippen molar-refractivity contribution in [3.63, 3.8) is 0 Å². The van der Waals surface area contributed by atoms with Crippen molar-refractivity contribution in [1.29, 1.82) is 0 Å². The lowest BCUT2D eigenvalue weighted by Crippen LogP contribution is -2.38. The first-order valence-corrected chi connectivity index (χ1v) is 9.60. The maximum atomic E-state index is 14.1. The van der Waals surface area contributed by atoms with Gasteiger partial charge in [0, 0.05) is 36.1 Å². The summed E-state index contributed by atoms with van der Waals surface area (Å²) in [5.41, 5.74) is 1.50. The van der Waals surface area contributed by atoms with Crippen LogP contribution >= 0.6 is 35.6 Å². The first-order valence-electron chi connectivity index (χ1n) is 9.22. The highest BCUT2D eigenvalue weighted by Crippen LogP contribution is 2.45. The van der Waals surface area contributed by atoms with Gasteiger partial charge in [-0.15, -0.1) is 24.0 Å². The number of nitrogens with one attached hydrogen (secondary N) is 2. The van der Waals surface area contributed by atoms with Gasteiger partial charge in [0.05, 0.1) is 21.3 Å². The van der Waals surface area contributed by atoms with Gasteiger partial charge in [0.1, 0.15) is 5.82 Å². The molecular weight excluding hydrogens is 524 g/mol. The normalized spacial score (nSPS) is 17.6. The van der Waals surface area contributed by atoms with Crippen molar-refractivity contribution >= 4 is 41.5 Å². The highest BCUT2D eigenvalue weighted by Gasteiger charge is 2.41. The molecule has 2 unspecified atom stereocenters. The fourth-order valence-electron chi connectivity index (χ4n) is 3.33. The third-order valence-electron chi connectivity index (χ3n) is 4.89. The van der Waals surface area contributed by atoms with Crippen molar-refractivity contribution in [1.82, 2.24) is 10.6 Å². The van der Waals surface area contributed by atoms with E-state index in [4.69, 9.17) is 25.8 Å². The van der Waals surface area contributed by atoms with E-state index in [1.54, 1.807) is 40.5 Å². The van der Waals surface area contributed by atoms with E-state index in [0.29, 0.717) is 40.3 Å². The van der Waals surface area contributed by atoms with Gasteiger partial charge in [-0.3, -0.25) is 4.99 Å². The molecule has 6 nitrogen and oxygen atoms in total. The Kier molecular flexibility index (Phi) is 8.84. The third-order valence-corrected chi connectivity index (χ3v) is 5.22. The van der Waals surface area contributed by atoms with Crippen LogP contribution in [0.4, 0.5) is 4.39 Å². The summed E-state index contributed by atoms with van der Waals surface area (Å²) < 4.78 is 30.2. The molecule has 2 aromatic rings. The molecule has 1 saturated carbocycles. The molecule has 164 valence electrons. The van der Waals surface area contributed by atoms with E-state index in [-0.39, 0.29) is 41.8 Å². The van der Waals surface area contributed by atoms with Crippen LogP contribution in [0.15, 0.2) is 35.3 Å². The molecule has 1 aliphatic rings. The second kappa shape index (κ2) is 10.9. The number of rotatable bonds is 7. The Labute approximate surface area is 198 Å². The number of methoxy groups -OCH3 is 3. The molecule has 0 saturated heterocycles. The molecule has 0 radical (unpaired) electrons. The number of ether oxygens (including phenoxy) is 3. The summed E-state index contributed by atoms with van der Waals surface area (Å²) in [5, 5.41) is 7.04. The zero-order valence-electron chi connectivity index (χ0n) is 17.3. The molecule has 2 aromatic carbocycles. The van der Waals surface area contributed by atoms with E-state index in [1.165, 1.54) is 6.07 Å². The smallest absolute Gasteiger partial charge is 0.203 e. The van der Waals surface area contributed by atoms with Crippen LogP contribution in [0.25, 0.3) is 0 Å². The van der Waals surface area contributed by atoms with Crippen molar-refractivity contribution in [2.75, 3.05) is 28.4 Å². The number of guanidine groups is 1. The first-order chi connectivity index (χ1) is 14.0. The zero-order valence-corrected chi connectivity index (χ0v) is 20.4. The second-order valence-corrected chi connectivity index (χ2v) is 7.09. The quantitative estimate of drug-likeness (QED) is 0.306. The van der Waals surface area contributed by atoms with Crippen LogP contribution in [-0.2, 0) is 6.54 Å². The van der Waals surface area contributed by atoms with Crippen LogP contribution in [-0.4, -0.2) is 40.4 Å². The van der Waals surface area contributed by atoms with Crippen LogP contribution in [0.3, 0.4) is 0 Å². The largest absolute Gasteiger partial charge is 0.493 e. The highest BCUT2D eigenvalue weighted by atomic mass is 127. The van der Waals surface area contributed by atoms with Gasteiger partial charge in [-0.1, -0.05) is 17.7 Å². The molecule has 0 heterocycles. The summed E-state index contributed by atoms with van der Waals surface area (Å²) in [5.74, 6) is 2.10. The number of hydrogen-bond donors (Lipinski definition) is 2. The Hall–Kier alpha value is -1.94. The van der Waals surface area contributed by atoms with Crippen molar-refractivity contribution in [3.05, 3.63) is 52.3 Å². The maximum absolute atomic E-state index is 14.1. The molecule has 0 amide bonds. The number of nitrogens with zero attached hydrogens (tertiary/aromatic N) is 1. The summed E-state index contributed by atoms with van der Waals surface area (Å²) in [6, 6.07) is 8.60. The Bertz CT molecular complexity index is 868. The van der Waals surface area contributed by atoms with Gasteiger partial charge in [0.15, 0.2) is 17.5 Å². The molecular formula is C21H26ClFIN3O3. The van der Waals surface area contributed by atoms with E-state index in [9.17, 15) is 4.39 Å². The molecule has 2 N–H and O–H groups in total. The molecule has 1 aliphatic carbocycles. The topological polar surface area (TPSA) is 64.1 Å². The Morgan fingerprint density at radius 1 is 1.17 bits per heavy atom. The van der Waals surface area contributed by atoms with Crippen LogP contribution < -0.4 is 24.8 Å². The van der Waals surface area contributed by atoms with Gasteiger partial charge in [-0.05, 0) is 36.2 Å². The van der Waals surface area contributed by atoms with Gasteiger partial charge in [-0.25, -0.2) is 4.39 Å². The van der Waals surface area contributed by atoms with E-state index in [2.05, 4.69) is 15.6 Å². The maximum Gasteiger partial charge on any atom is 0.203 e. The summed E-state index contributed by atoms with van der Waals surface area (Å²) >= 11 is 6.18. The summed E-state index contributed by atoms with van der Waals surface area (Å²) in [6.07, 6.45) is 0.797. The van der Waals surface area contributed by atoms with Crippen molar-refractivity contribution in [2.45, 2.75) is 24.9 Å². The van der Waals surface area contributed by atoms with E-state index >= 15 is 0 Å². The Morgan fingerprint density at radius 2 is 1.83 bits per heavy atom. The Morgan fingerprint density at radius 3 is 2.37 bits per heavy atom. The van der Waals surface area contributed by atoms with Crippen molar-refractivity contribution in [2.24, 2.45) is 4.99 Å². The highest BCUT2D eigenvalue weighted by molar-refractivity contribution is 14.0. The minimum Gasteiger partial charge on any atom is -0.493 e. The Balaban J connectivity index is 0.00000320.